The molecule has 184 valence electrons. The normalized spacial score (nSPS) is 34.4. The lowest BCUT2D eigenvalue weighted by Gasteiger charge is -2.56. The molecule has 7 atom stereocenters. The van der Waals surface area contributed by atoms with Gasteiger partial charge < -0.3 is 15.3 Å². The van der Waals surface area contributed by atoms with E-state index in [1.54, 1.807) is 24.3 Å². The third-order valence-corrected chi connectivity index (χ3v) is 9.18. The molecule has 4 rings (SSSR count). The van der Waals surface area contributed by atoms with Gasteiger partial charge in [0.1, 0.15) is 0 Å². The molecular weight excluding hydrogens is 426 g/mol. The van der Waals surface area contributed by atoms with Crippen LogP contribution >= 0.6 is 0 Å². The second-order valence-corrected chi connectivity index (χ2v) is 11.2. The van der Waals surface area contributed by atoms with E-state index in [9.17, 15) is 14.7 Å². The average molecular weight is 466 g/mol. The number of rotatable bonds is 4. The van der Waals surface area contributed by atoms with Gasteiger partial charge in [-0.2, -0.15) is 5.26 Å². The van der Waals surface area contributed by atoms with Crippen molar-refractivity contribution in [2.75, 3.05) is 13.1 Å². The molecule has 6 heteroatoms. The summed E-state index contributed by atoms with van der Waals surface area (Å²) in [6, 6.07) is 8.74. The number of hydrogen-bond donors (Lipinski definition) is 2. The highest BCUT2D eigenvalue weighted by atomic mass is 16.3. The standard InChI is InChI=1S/C28H39N3O3/c1-18(27(34)31-15-5-4-6-16-31)22-11-13-28(3)14-12-23(19(2)24(28)25(22)32)30-26(33)21-9-7-20(17-29)8-10-21/h7-10,18-19,22-25,32H,4-6,11-16H2,1-3H3,(H,30,33)/t18-,19+,22+,23-,24+,25-,28-/m0/s1. The Labute approximate surface area is 203 Å². The number of aliphatic hydroxyl groups excluding tert-OH is 1. The van der Waals surface area contributed by atoms with E-state index in [4.69, 9.17) is 5.26 Å². The summed E-state index contributed by atoms with van der Waals surface area (Å²) in [5.74, 6) is -0.0117. The molecule has 0 aromatic heterocycles. The molecule has 0 bridgehead atoms. The van der Waals surface area contributed by atoms with E-state index >= 15 is 0 Å². The van der Waals surface area contributed by atoms with Gasteiger partial charge >= 0.3 is 0 Å². The summed E-state index contributed by atoms with van der Waals surface area (Å²) < 4.78 is 0. The summed E-state index contributed by atoms with van der Waals surface area (Å²) in [5, 5.41) is 23.8. The van der Waals surface area contributed by atoms with Gasteiger partial charge in [0, 0.05) is 30.6 Å². The van der Waals surface area contributed by atoms with Crippen LogP contribution in [0.2, 0.25) is 0 Å². The molecule has 1 aromatic rings. The van der Waals surface area contributed by atoms with Crippen molar-refractivity contribution in [1.82, 2.24) is 10.2 Å². The minimum atomic E-state index is -0.549. The number of carbonyl (C=O) groups excluding carboxylic acids is 2. The van der Waals surface area contributed by atoms with E-state index in [1.807, 2.05) is 11.8 Å². The molecule has 2 aliphatic carbocycles. The van der Waals surface area contributed by atoms with Crippen LogP contribution in [0.4, 0.5) is 0 Å². The quantitative estimate of drug-likeness (QED) is 0.699. The zero-order chi connectivity index (χ0) is 24.5. The van der Waals surface area contributed by atoms with Crippen molar-refractivity contribution in [2.24, 2.45) is 29.1 Å². The summed E-state index contributed by atoms with van der Waals surface area (Å²) in [6.07, 6.45) is 6.52. The fourth-order valence-corrected chi connectivity index (χ4v) is 7.03. The first kappa shape index (κ1) is 24.7. The SMILES string of the molecule is C[C@H]1[C@@H]2[C@@H](O)[C@@H]([C@H](C)C(=O)N3CCCCC3)CC[C@@]2(C)CC[C@@H]1NC(=O)c1ccc(C#N)cc1. The Morgan fingerprint density at radius 2 is 1.79 bits per heavy atom. The maximum Gasteiger partial charge on any atom is 0.251 e. The number of likely N-dealkylation sites (tertiary alicyclic amines) is 1. The molecule has 3 fully saturated rings. The maximum absolute atomic E-state index is 13.2. The molecular formula is C28H39N3O3. The third-order valence-electron chi connectivity index (χ3n) is 9.18. The number of nitrogens with zero attached hydrogens (tertiary/aromatic N) is 2. The van der Waals surface area contributed by atoms with Gasteiger partial charge in [-0.05, 0) is 92.4 Å². The van der Waals surface area contributed by atoms with E-state index < -0.39 is 6.10 Å². The van der Waals surface area contributed by atoms with Crippen molar-refractivity contribution in [3.05, 3.63) is 35.4 Å². The van der Waals surface area contributed by atoms with Gasteiger partial charge in [0.25, 0.3) is 5.91 Å². The summed E-state index contributed by atoms with van der Waals surface area (Å²) in [5.41, 5.74) is 1.10. The summed E-state index contributed by atoms with van der Waals surface area (Å²) in [7, 11) is 0. The van der Waals surface area contributed by atoms with Gasteiger partial charge in [0.2, 0.25) is 5.91 Å². The molecule has 2 saturated carbocycles. The number of nitriles is 1. The van der Waals surface area contributed by atoms with Crippen LogP contribution in [-0.4, -0.2) is 47.1 Å². The lowest BCUT2D eigenvalue weighted by molar-refractivity contribution is -0.150. The molecule has 1 aromatic carbocycles. The Balaban J connectivity index is 1.46. The summed E-state index contributed by atoms with van der Waals surface area (Å²) >= 11 is 0. The largest absolute Gasteiger partial charge is 0.392 e. The Morgan fingerprint density at radius 1 is 1.15 bits per heavy atom. The average Bonchev–Trinajstić information content (AvgIpc) is 2.85. The smallest absolute Gasteiger partial charge is 0.251 e. The number of piperidine rings is 1. The molecule has 34 heavy (non-hydrogen) atoms. The highest BCUT2D eigenvalue weighted by Crippen LogP contribution is 2.55. The van der Waals surface area contributed by atoms with Crippen LogP contribution in [0.25, 0.3) is 0 Å². The van der Waals surface area contributed by atoms with Crippen LogP contribution in [0, 0.1) is 40.4 Å². The van der Waals surface area contributed by atoms with Gasteiger partial charge in [-0.15, -0.1) is 0 Å². The molecule has 3 aliphatic rings. The van der Waals surface area contributed by atoms with Crippen LogP contribution in [-0.2, 0) is 4.79 Å². The third kappa shape index (κ3) is 4.73. The minimum Gasteiger partial charge on any atom is -0.392 e. The van der Waals surface area contributed by atoms with Crippen molar-refractivity contribution in [1.29, 1.82) is 5.26 Å². The fourth-order valence-electron chi connectivity index (χ4n) is 7.03. The number of aliphatic hydroxyl groups is 1. The molecule has 2 N–H and O–H groups in total. The molecule has 2 amide bonds. The monoisotopic (exact) mass is 465 g/mol. The van der Waals surface area contributed by atoms with E-state index in [0.29, 0.717) is 11.1 Å². The number of benzene rings is 1. The number of hydrogen-bond acceptors (Lipinski definition) is 4. The van der Waals surface area contributed by atoms with Crippen LogP contribution in [0.3, 0.4) is 0 Å². The van der Waals surface area contributed by atoms with Gasteiger partial charge in [0.05, 0.1) is 17.7 Å². The number of fused-ring (bicyclic) bond motifs is 1. The van der Waals surface area contributed by atoms with Gasteiger partial charge in [0.15, 0.2) is 0 Å². The Bertz CT molecular complexity index is 933. The van der Waals surface area contributed by atoms with Crippen LogP contribution in [0.5, 0.6) is 0 Å². The van der Waals surface area contributed by atoms with E-state index in [0.717, 1.165) is 51.6 Å². The van der Waals surface area contributed by atoms with Crippen LogP contribution in [0.1, 0.15) is 81.6 Å². The first-order valence-corrected chi connectivity index (χ1v) is 13.0. The maximum atomic E-state index is 13.2. The zero-order valence-corrected chi connectivity index (χ0v) is 20.8. The van der Waals surface area contributed by atoms with Crippen LogP contribution in [0.15, 0.2) is 24.3 Å². The molecule has 1 saturated heterocycles. The van der Waals surface area contributed by atoms with Crippen molar-refractivity contribution in [3.8, 4) is 6.07 Å². The summed E-state index contributed by atoms with van der Waals surface area (Å²) in [6.45, 7) is 8.11. The van der Waals surface area contributed by atoms with E-state index in [2.05, 4.69) is 25.2 Å². The van der Waals surface area contributed by atoms with Crippen molar-refractivity contribution >= 4 is 11.8 Å². The Kier molecular flexibility index (Phi) is 7.33. The van der Waals surface area contributed by atoms with E-state index in [-0.39, 0.29) is 46.9 Å². The van der Waals surface area contributed by atoms with Crippen molar-refractivity contribution in [3.63, 3.8) is 0 Å². The molecule has 6 nitrogen and oxygen atoms in total. The first-order chi connectivity index (χ1) is 16.2. The topological polar surface area (TPSA) is 93.4 Å². The highest BCUT2D eigenvalue weighted by molar-refractivity contribution is 5.94. The molecule has 0 spiro atoms. The molecule has 0 unspecified atom stereocenters. The summed E-state index contributed by atoms with van der Waals surface area (Å²) in [4.78, 5) is 28.1. The molecule has 1 heterocycles. The van der Waals surface area contributed by atoms with Crippen molar-refractivity contribution in [2.45, 2.75) is 77.9 Å². The predicted molar refractivity (Wildman–Crippen MR) is 131 cm³/mol. The zero-order valence-electron chi connectivity index (χ0n) is 20.8. The second kappa shape index (κ2) is 10.1. The number of amides is 2. The van der Waals surface area contributed by atoms with Crippen molar-refractivity contribution < 1.29 is 14.7 Å². The number of nitrogens with one attached hydrogen (secondary N) is 1. The first-order valence-electron chi connectivity index (χ1n) is 13.0. The van der Waals surface area contributed by atoms with Crippen LogP contribution < -0.4 is 5.32 Å². The van der Waals surface area contributed by atoms with E-state index in [1.165, 1.54) is 6.42 Å². The number of carbonyl (C=O) groups is 2. The highest BCUT2D eigenvalue weighted by Gasteiger charge is 2.54. The molecule has 1 aliphatic heterocycles. The predicted octanol–water partition coefficient (Wildman–Crippen LogP) is 4.13. The lowest BCUT2D eigenvalue weighted by Crippen LogP contribution is -2.58. The Morgan fingerprint density at radius 3 is 2.44 bits per heavy atom. The van der Waals surface area contributed by atoms with Gasteiger partial charge in [-0.1, -0.05) is 20.8 Å². The molecule has 0 radical (unpaired) electrons. The lowest BCUT2D eigenvalue weighted by atomic mass is 9.51. The Hall–Kier alpha value is -2.39. The van der Waals surface area contributed by atoms with Gasteiger partial charge in [-0.3, -0.25) is 9.59 Å². The van der Waals surface area contributed by atoms with Gasteiger partial charge in [-0.25, -0.2) is 0 Å². The minimum absolute atomic E-state index is 0.0253. The second-order valence-electron chi connectivity index (χ2n) is 11.2. The fraction of sp³-hybridized carbons (Fsp3) is 0.679.